The molecule has 0 amide bonds. The number of benzene rings is 2. The van der Waals surface area contributed by atoms with Crippen molar-refractivity contribution >= 4 is 11.7 Å². The van der Waals surface area contributed by atoms with Crippen molar-refractivity contribution in [1.29, 1.82) is 5.26 Å². The van der Waals surface area contributed by atoms with E-state index in [1.165, 1.54) is 12.1 Å². The van der Waals surface area contributed by atoms with Crippen LogP contribution in [0.2, 0.25) is 0 Å². The number of ether oxygens (including phenoxy) is 3. The van der Waals surface area contributed by atoms with E-state index in [0.717, 1.165) is 18.2 Å². The Bertz CT molecular complexity index is 922. The minimum atomic E-state index is -1.01. The lowest BCUT2D eigenvalue weighted by atomic mass is 10.1. The van der Waals surface area contributed by atoms with Crippen molar-refractivity contribution in [2.24, 2.45) is 0 Å². The first-order valence-electron chi connectivity index (χ1n) is 6.93. The molecule has 9 heteroatoms. The summed E-state index contributed by atoms with van der Waals surface area (Å²) < 4.78 is 28.9. The second-order valence-corrected chi connectivity index (χ2v) is 4.97. The predicted molar refractivity (Wildman–Crippen MR) is 79.5 cm³/mol. The molecule has 8 nitrogen and oxygen atoms in total. The Morgan fingerprint density at radius 3 is 2.68 bits per heavy atom. The molecule has 0 atom stereocenters. The fourth-order valence-corrected chi connectivity index (χ4v) is 2.20. The van der Waals surface area contributed by atoms with Crippen molar-refractivity contribution in [3.63, 3.8) is 0 Å². The van der Waals surface area contributed by atoms with E-state index >= 15 is 0 Å². The monoisotopic (exact) mass is 344 g/mol. The standard InChI is InChI=1S/C16H9FN2O6/c17-12-3-9(6-18)1-2-10(12)7-23-16(20)11-4-14-15(25-8-24-14)5-13(11)19(21)22/h1-5H,7-8H2. The third kappa shape index (κ3) is 3.18. The summed E-state index contributed by atoms with van der Waals surface area (Å²) in [6.45, 7) is -0.552. The molecule has 0 unspecified atom stereocenters. The summed E-state index contributed by atoms with van der Waals surface area (Å²) in [4.78, 5) is 22.6. The van der Waals surface area contributed by atoms with Crippen LogP contribution in [0.25, 0.3) is 0 Å². The Labute approximate surface area is 140 Å². The number of fused-ring (bicyclic) bond motifs is 1. The van der Waals surface area contributed by atoms with Gasteiger partial charge >= 0.3 is 5.97 Å². The molecular formula is C16H9FN2O6. The van der Waals surface area contributed by atoms with Gasteiger partial charge in [0.2, 0.25) is 6.79 Å². The number of halogens is 1. The van der Waals surface area contributed by atoms with Crippen LogP contribution in [-0.4, -0.2) is 17.7 Å². The molecule has 126 valence electrons. The van der Waals surface area contributed by atoms with Crippen LogP contribution < -0.4 is 9.47 Å². The number of hydrogen-bond donors (Lipinski definition) is 0. The van der Waals surface area contributed by atoms with Crippen LogP contribution in [0, 0.1) is 27.3 Å². The SMILES string of the molecule is N#Cc1ccc(COC(=O)c2cc3c(cc2[N+](=O)[O-])OCO3)c(F)c1. The Balaban J connectivity index is 1.82. The number of esters is 1. The van der Waals surface area contributed by atoms with Crippen molar-refractivity contribution in [2.45, 2.75) is 6.61 Å². The van der Waals surface area contributed by atoms with Gasteiger partial charge in [-0.1, -0.05) is 6.07 Å². The lowest BCUT2D eigenvalue weighted by molar-refractivity contribution is -0.385. The number of nitro benzene ring substituents is 1. The summed E-state index contributed by atoms with van der Waals surface area (Å²) >= 11 is 0. The third-order valence-corrected chi connectivity index (χ3v) is 3.45. The van der Waals surface area contributed by atoms with E-state index in [1.807, 2.05) is 0 Å². The van der Waals surface area contributed by atoms with Gasteiger partial charge < -0.3 is 14.2 Å². The van der Waals surface area contributed by atoms with E-state index in [2.05, 4.69) is 0 Å². The van der Waals surface area contributed by atoms with Gasteiger partial charge in [0.15, 0.2) is 11.5 Å². The van der Waals surface area contributed by atoms with Crippen LogP contribution in [0.15, 0.2) is 30.3 Å². The molecule has 1 aliphatic rings. The topological polar surface area (TPSA) is 112 Å². The summed E-state index contributed by atoms with van der Waals surface area (Å²) in [6, 6.07) is 7.68. The lowest BCUT2D eigenvalue weighted by Crippen LogP contribution is -2.09. The second-order valence-electron chi connectivity index (χ2n) is 4.97. The summed E-state index contributed by atoms with van der Waals surface area (Å²) in [5.74, 6) is -1.38. The highest BCUT2D eigenvalue weighted by Crippen LogP contribution is 2.38. The molecule has 1 heterocycles. The quantitative estimate of drug-likeness (QED) is 0.476. The Morgan fingerprint density at radius 2 is 2.04 bits per heavy atom. The highest BCUT2D eigenvalue weighted by molar-refractivity contribution is 5.95. The van der Waals surface area contributed by atoms with E-state index in [9.17, 15) is 19.3 Å². The molecule has 2 aromatic carbocycles. The number of carbonyl (C=O) groups is 1. The average molecular weight is 344 g/mol. The summed E-state index contributed by atoms with van der Waals surface area (Å²) in [5.41, 5.74) is -0.674. The van der Waals surface area contributed by atoms with Gasteiger partial charge in [0, 0.05) is 11.6 Å². The van der Waals surface area contributed by atoms with Crippen LogP contribution in [0.4, 0.5) is 10.1 Å². The smallest absolute Gasteiger partial charge is 0.345 e. The highest BCUT2D eigenvalue weighted by atomic mass is 19.1. The minimum absolute atomic E-state index is 0.0377. The Morgan fingerprint density at radius 1 is 1.32 bits per heavy atom. The largest absolute Gasteiger partial charge is 0.457 e. The molecule has 2 aromatic rings. The molecule has 0 radical (unpaired) electrons. The molecule has 0 bridgehead atoms. The van der Waals surface area contributed by atoms with Gasteiger partial charge in [-0.25, -0.2) is 9.18 Å². The van der Waals surface area contributed by atoms with Crippen molar-refractivity contribution in [3.05, 3.63) is 63.0 Å². The molecule has 0 aromatic heterocycles. The first kappa shape index (κ1) is 16.2. The Kier molecular flexibility index (Phi) is 4.18. The van der Waals surface area contributed by atoms with Crippen LogP contribution in [-0.2, 0) is 11.3 Å². The van der Waals surface area contributed by atoms with Gasteiger partial charge in [0.1, 0.15) is 18.0 Å². The van der Waals surface area contributed by atoms with Gasteiger partial charge in [0.05, 0.1) is 22.6 Å². The van der Waals surface area contributed by atoms with Gasteiger partial charge in [0.25, 0.3) is 5.69 Å². The third-order valence-electron chi connectivity index (χ3n) is 3.45. The first-order chi connectivity index (χ1) is 12.0. The van der Waals surface area contributed by atoms with Crippen LogP contribution >= 0.6 is 0 Å². The molecule has 0 fully saturated rings. The summed E-state index contributed by atoms with van der Waals surface area (Å²) in [5, 5.41) is 19.8. The van der Waals surface area contributed by atoms with Crippen molar-refractivity contribution in [3.8, 4) is 17.6 Å². The van der Waals surface area contributed by atoms with Gasteiger partial charge in [-0.2, -0.15) is 5.26 Å². The first-order valence-corrected chi connectivity index (χ1v) is 6.93. The zero-order chi connectivity index (χ0) is 18.0. The van der Waals surface area contributed by atoms with Crippen LogP contribution in [0.1, 0.15) is 21.5 Å². The number of nitrogens with zero attached hydrogens (tertiary/aromatic N) is 2. The molecule has 1 aliphatic heterocycles. The van der Waals surface area contributed by atoms with Crippen molar-refractivity contribution < 1.29 is 28.3 Å². The fraction of sp³-hybridized carbons (Fsp3) is 0.125. The highest BCUT2D eigenvalue weighted by Gasteiger charge is 2.28. The zero-order valence-corrected chi connectivity index (χ0v) is 12.5. The minimum Gasteiger partial charge on any atom is -0.457 e. The number of carbonyl (C=O) groups excluding carboxylic acids is 1. The van der Waals surface area contributed by atoms with E-state index in [-0.39, 0.29) is 35.0 Å². The van der Waals surface area contributed by atoms with E-state index in [1.54, 1.807) is 6.07 Å². The molecule has 3 rings (SSSR count). The molecule has 25 heavy (non-hydrogen) atoms. The van der Waals surface area contributed by atoms with Crippen LogP contribution in [0.5, 0.6) is 11.5 Å². The van der Waals surface area contributed by atoms with E-state index < -0.39 is 29.0 Å². The van der Waals surface area contributed by atoms with E-state index in [4.69, 9.17) is 19.5 Å². The van der Waals surface area contributed by atoms with Crippen molar-refractivity contribution in [2.75, 3.05) is 6.79 Å². The molecular weight excluding hydrogens is 335 g/mol. The van der Waals surface area contributed by atoms with Gasteiger partial charge in [-0.15, -0.1) is 0 Å². The lowest BCUT2D eigenvalue weighted by Gasteiger charge is -2.07. The van der Waals surface area contributed by atoms with Crippen LogP contribution in [0.3, 0.4) is 0 Å². The summed E-state index contributed by atoms with van der Waals surface area (Å²) in [6.07, 6.45) is 0. The number of hydrogen-bond acceptors (Lipinski definition) is 7. The van der Waals surface area contributed by atoms with Crippen molar-refractivity contribution in [1.82, 2.24) is 0 Å². The van der Waals surface area contributed by atoms with Gasteiger partial charge in [-0.3, -0.25) is 10.1 Å². The second kappa shape index (κ2) is 6.45. The maximum absolute atomic E-state index is 13.8. The van der Waals surface area contributed by atoms with Gasteiger partial charge in [-0.05, 0) is 12.1 Å². The maximum Gasteiger partial charge on any atom is 0.345 e. The fourth-order valence-electron chi connectivity index (χ4n) is 2.20. The average Bonchev–Trinajstić information content (AvgIpc) is 3.06. The molecule has 0 N–H and O–H groups in total. The summed E-state index contributed by atoms with van der Waals surface area (Å²) in [7, 11) is 0. The molecule has 0 saturated carbocycles. The molecule has 0 saturated heterocycles. The number of rotatable bonds is 4. The zero-order valence-electron chi connectivity index (χ0n) is 12.5. The normalized spacial score (nSPS) is 11.7. The predicted octanol–water partition coefficient (Wildman–Crippen LogP) is 2.69. The molecule has 0 aliphatic carbocycles. The van der Waals surface area contributed by atoms with E-state index in [0.29, 0.717) is 0 Å². The maximum atomic E-state index is 13.8. The number of nitriles is 1. The number of nitro groups is 1. The Hall–Kier alpha value is -3.67. The molecule has 0 spiro atoms.